The van der Waals surface area contributed by atoms with E-state index in [0.717, 1.165) is 19.1 Å². The SMILES string of the molecule is BrNNc1cc(Br)cc(Br)c1Br.Cl. The molecule has 1 aromatic carbocycles. The van der Waals surface area contributed by atoms with Gasteiger partial charge in [0.05, 0.1) is 10.2 Å². The lowest BCUT2D eigenvalue weighted by Gasteiger charge is -2.07. The Labute approximate surface area is 116 Å². The smallest absolute Gasteiger partial charge is 0.0661 e. The molecule has 0 bridgehead atoms. The fourth-order valence-corrected chi connectivity index (χ4v) is 2.46. The standard InChI is InChI=1S/C6H4Br4N2.ClH/c7-3-1-4(8)6(9)5(2-3)11-12-10;/h1-2,11-12H;1H. The first-order valence-electron chi connectivity index (χ1n) is 2.91. The first-order valence-corrected chi connectivity index (χ1v) is 6.08. The summed E-state index contributed by atoms with van der Waals surface area (Å²) in [6.07, 6.45) is 0. The fraction of sp³-hybridized carbons (Fsp3) is 0. The van der Waals surface area contributed by atoms with Crippen LogP contribution in [0.15, 0.2) is 25.6 Å². The van der Waals surface area contributed by atoms with Crippen LogP contribution in [0.25, 0.3) is 0 Å². The summed E-state index contributed by atoms with van der Waals surface area (Å²) in [4.78, 5) is 0. The minimum Gasteiger partial charge on any atom is -0.310 e. The summed E-state index contributed by atoms with van der Waals surface area (Å²) in [5.74, 6) is 0. The van der Waals surface area contributed by atoms with Gasteiger partial charge in [0.15, 0.2) is 0 Å². The molecule has 74 valence electrons. The highest BCUT2D eigenvalue weighted by Gasteiger charge is 2.04. The number of hydrogen-bond acceptors (Lipinski definition) is 2. The lowest BCUT2D eigenvalue weighted by molar-refractivity contribution is 1.23. The van der Waals surface area contributed by atoms with E-state index in [9.17, 15) is 0 Å². The molecule has 2 N–H and O–H groups in total. The third-order valence-corrected chi connectivity index (χ3v) is 3.84. The maximum atomic E-state index is 3.42. The van der Waals surface area contributed by atoms with Crippen LogP contribution in [0, 0.1) is 0 Å². The Morgan fingerprint density at radius 2 is 1.69 bits per heavy atom. The van der Waals surface area contributed by atoms with Gasteiger partial charge >= 0.3 is 0 Å². The predicted octanol–water partition coefficient (Wildman–Crippen LogP) is 4.62. The molecule has 2 nitrogen and oxygen atoms in total. The molecule has 0 fully saturated rings. The van der Waals surface area contributed by atoms with Crippen molar-refractivity contribution in [1.29, 1.82) is 0 Å². The molecule has 0 aromatic heterocycles. The first-order chi connectivity index (χ1) is 5.65. The minimum absolute atomic E-state index is 0. The third kappa shape index (κ3) is 4.05. The zero-order chi connectivity index (χ0) is 9.14. The predicted molar refractivity (Wildman–Crippen MR) is 72.5 cm³/mol. The van der Waals surface area contributed by atoms with Gasteiger partial charge in [-0.3, -0.25) is 0 Å². The molecule has 0 saturated carbocycles. The lowest BCUT2D eigenvalue weighted by atomic mass is 10.3. The maximum absolute atomic E-state index is 3.42. The quantitative estimate of drug-likeness (QED) is 0.383. The summed E-state index contributed by atoms with van der Waals surface area (Å²) in [5, 5.41) is 0. The molecule has 1 aromatic rings. The molecule has 1 rings (SSSR count). The molecule has 0 atom stereocenters. The van der Waals surface area contributed by atoms with Crippen LogP contribution >= 0.6 is 76.3 Å². The molecule has 0 unspecified atom stereocenters. The van der Waals surface area contributed by atoms with Gasteiger partial charge in [0.25, 0.3) is 0 Å². The molecule has 0 aliphatic heterocycles. The Hall–Kier alpha value is 1.19. The van der Waals surface area contributed by atoms with Gasteiger partial charge in [-0.05, 0) is 44.0 Å². The summed E-state index contributed by atoms with van der Waals surface area (Å²) in [7, 11) is 0. The number of anilines is 1. The summed E-state index contributed by atoms with van der Waals surface area (Å²) in [6.45, 7) is 0. The fourth-order valence-electron chi connectivity index (χ4n) is 0.698. The van der Waals surface area contributed by atoms with Crippen LogP contribution < -0.4 is 9.88 Å². The van der Waals surface area contributed by atoms with Gasteiger partial charge in [0, 0.05) is 25.1 Å². The van der Waals surface area contributed by atoms with Crippen LogP contribution in [-0.4, -0.2) is 0 Å². The van der Waals surface area contributed by atoms with Crippen LogP contribution in [0.1, 0.15) is 0 Å². The van der Waals surface area contributed by atoms with Crippen molar-refractivity contribution >= 4 is 82.0 Å². The molecule has 0 heterocycles. The Bertz CT molecular complexity index is 294. The van der Waals surface area contributed by atoms with Crippen LogP contribution in [0.3, 0.4) is 0 Å². The largest absolute Gasteiger partial charge is 0.310 e. The maximum Gasteiger partial charge on any atom is 0.0661 e. The normalized spacial score (nSPS) is 9.23. The van der Waals surface area contributed by atoms with Gasteiger partial charge in [0.2, 0.25) is 0 Å². The molecule has 13 heavy (non-hydrogen) atoms. The Kier molecular flexibility index (Phi) is 7.24. The van der Waals surface area contributed by atoms with E-state index in [1.54, 1.807) is 0 Å². The zero-order valence-corrected chi connectivity index (χ0v) is 13.2. The van der Waals surface area contributed by atoms with Crippen molar-refractivity contribution in [3.8, 4) is 0 Å². The molecular weight excluding hydrogens is 455 g/mol. The van der Waals surface area contributed by atoms with Gasteiger partial charge in [-0.25, -0.2) is 0 Å². The van der Waals surface area contributed by atoms with Crippen LogP contribution in [0.5, 0.6) is 0 Å². The van der Waals surface area contributed by atoms with Crippen molar-refractivity contribution in [2.75, 3.05) is 5.43 Å². The topological polar surface area (TPSA) is 24.1 Å². The summed E-state index contributed by atoms with van der Waals surface area (Å²) in [5.41, 5.74) is 3.86. The zero-order valence-electron chi connectivity index (χ0n) is 6.07. The van der Waals surface area contributed by atoms with Crippen LogP contribution in [0.2, 0.25) is 0 Å². The van der Waals surface area contributed by atoms with Crippen molar-refractivity contribution in [2.45, 2.75) is 0 Å². The van der Waals surface area contributed by atoms with E-state index in [-0.39, 0.29) is 12.4 Å². The van der Waals surface area contributed by atoms with Gasteiger partial charge < -0.3 is 5.43 Å². The van der Waals surface area contributed by atoms with Crippen molar-refractivity contribution in [3.63, 3.8) is 0 Å². The van der Waals surface area contributed by atoms with Gasteiger partial charge in [-0.2, -0.15) is 4.45 Å². The van der Waals surface area contributed by atoms with E-state index in [0.29, 0.717) is 0 Å². The molecule has 0 aliphatic carbocycles. The van der Waals surface area contributed by atoms with E-state index >= 15 is 0 Å². The molecule has 0 radical (unpaired) electrons. The van der Waals surface area contributed by atoms with Crippen molar-refractivity contribution in [2.24, 2.45) is 0 Å². The lowest BCUT2D eigenvalue weighted by Crippen LogP contribution is -2.08. The van der Waals surface area contributed by atoms with E-state index in [1.165, 1.54) is 0 Å². The molecular formula is C6H5Br4ClN2. The average Bonchev–Trinajstić information content (AvgIpc) is 2.00. The van der Waals surface area contributed by atoms with Crippen molar-refractivity contribution < 1.29 is 0 Å². The van der Waals surface area contributed by atoms with E-state index in [4.69, 9.17) is 0 Å². The number of nitrogens with one attached hydrogen (secondary N) is 2. The monoisotopic (exact) mass is 456 g/mol. The number of rotatable bonds is 2. The summed E-state index contributed by atoms with van der Waals surface area (Å²) >= 11 is 13.3. The van der Waals surface area contributed by atoms with Gasteiger partial charge in [0.1, 0.15) is 0 Å². The third-order valence-electron chi connectivity index (χ3n) is 1.17. The van der Waals surface area contributed by atoms with Gasteiger partial charge in [-0.15, -0.1) is 12.4 Å². The van der Waals surface area contributed by atoms with Crippen molar-refractivity contribution in [1.82, 2.24) is 4.45 Å². The Morgan fingerprint density at radius 3 is 2.23 bits per heavy atom. The molecule has 0 aliphatic rings. The Morgan fingerprint density at radius 1 is 1.08 bits per heavy atom. The highest BCUT2D eigenvalue weighted by Crippen LogP contribution is 2.33. The molecule has 0 spiro atoms. The average molecular weight is 460 g/mol. The molecule has 7 heteroatoms. The van der Waals surface area contributed by atoms with Crippen LogP contribution in [0.4, 0.5) is 5.69 Å². The van der Waals surface area contributed by atoms with E-state index < -0.39 is 0 Å². The number of hydrogen-bond donors (Lipinski definition) is 2. The van der Waals surface area contributed by atoms with Crippen molar-refractivity contribution in [3.05, 3.63) is 25.6 Å². The highest BCUT2D eigenvalue weighted by molar-refractivity contribution is 9.13. The molecule has 0 amide bonds. The summed E-state index contributed by atoms with van der Waals surface area (Å²) < 4.78 is 5.63. The second kappa shape index (κ2) is 6.63. The van der Waals surface area contributed by atoms with E-state index in [1.807, 2.05) is 12.1 Å². The second-order valence-electron chi connectivity index (χ2n) is 1.97. The Balaban J connectivity index is 0.00000144. The first kappa shape index (κ1) is 14.2. The molecule has 0 saturated heterocycles. The number of hydrazine groups is 1. The van der Waals surface area contributed by atoms with E-state index in [2.05, 4.69) is 73.8 Å². The van der Waals surface area contributed by atoms with Crippen LogP contribution in [-0.2, 0) is 0 Å². The second-order valence-corrected chi connectivity index (χ2v) is 4.93. The highest BCUT2D eigenvalue weighted by atomic mass is 79.9. The van der Waals surface area contributed by atoms with Gasteiger partial charge in [-0.1, -0.05) is 15.9 Å². The minimum atomic E-state index is 0. The number of benzene rings is 1. The number of halogens is 5. The summed E-state index contributed by atoms with van der Waals surface area (Å²) in [6, 6.07) is 3.91.